The molecule has 10 nitrogen and oxygen atoms in total. The molecule has 3 aliphatic rings. The number of fused-ring (bicyclic) bond motifs is 1. The van der Waals surface area contributed by atoms with Gasteiger partial charge in [0.25, 0.3) is 0 Å². The fourth-order valence-corrected chi connectivity index (χ4v) is 9.12. The molecule has 9 atom stereocenters. The van der Waals surface area contributed by atoms with Gasteiger partial charge in [-0.25, -0.2) is 0 Å². The van der Waals surface area contributed by atoms with E-state index in [9.17, 15) is 24.3 Å². The standard InChI is InChI=1S/C40H50BrN3O7/c1-5-8-20-32(46)50-25-31(28-18-13-10-14-19-28)42-37(47)33-34-38(48)44(29(24-45)22-27-16-11-9-12-17-27)36(40(34)23-30(41)35(33)51-40)39(49)43(21-7-3)26(4)15-6-2/h5,7,9-14,16-19,26,29-31,33-36,45H,1,3,6,8,15,20-25H2,2,4H3,(H,42,47)/t26?,29-,30?,31+,33+,34-,35+,36+,40-/m1/s1. The van der Waals surface area contributed by atoms with Crippen molar-refractivity contribution in [2.45, 2.75) is 93.1 Å². The van der Waals surface area contributed by atoms with E-state index >= 15 is 0 Å². The molecule has 2 N–H and O–H groups in total. The van der Waals surface area contributed by atoms with E-state index < -0.39 is 53.5 Å². The number of amides is 3. The summed E-state index contributed by atoms with van der Waals surface area (Å²) < 4.78 is 12.4. The Bertz CT molecular complexity index is 1560. The molecule has 0 saturated carbocycles. The first-order valence-electron chi connectivity index (χ1n) is 17.9. The van der Waals surface area contributed by atoms with Gasteiger partial charge in [-0.05, 0) is 43.7 Å². The van der Waals surface area contributed by atoms with Gasteiger partial charge in [-0.3, -0.25) is 19.2 Å². The minimum Gasteiger partial charge on any atom is -0.463 e. The number of esters is 1. The Balaban J connectivity index is 1.52. The second-order valence-corrected chi connectivity index (χ2v) is 15.0. The Hall–Kier alpha value is -3.80. The molecule has 0 radical (unpaired) electrons. The Morgan fingerprint density at radius 2 is 1.82 bits per heavy atom. The van der Waals surface area contributed by atoms with Crippen molar-refractivity contribution in [3.63, 3.8) is 0 Å². The molecular formula is C40H50BrN3O7. The van der Waals surface area contributed by atoms with E-state index in [2.05, 4.69) is 41.3 Å². The molecule has 2 aromatic carbocycles. The van der Waals surface area contributed by atoms with Crippen molar-refractivity contribution in [2.24, 2.45) is 11.8 Å². The van der Waals surface area contributed by atoms with Gasteiger partial charge in [-0.1, -0.05) is 102 Å². The van der Waals surface area contributed by atoms with Crippen LogP contribution in [0.15, 0.2) is 86.0 Å². The van der Waals surface area contributed by atoms with Crippen LogP contribution in [0.25, 0.3) is 0 Å². The maximum Gasteiger partial charge on any atom is 0.306 e. The summed E-state index contributed by atoms with van der Waals surface area (Å²) in [7, 11) is 0. The molecule has 2 bridgehead atoms. The van der Waals surface area contributed by atoms with Crippen LogP contribution in [0, 0.1) is 11.8 Å². The van der Waals surface area contributed by atoms with Gasteiger partial charge in [0.05, 0.1) is 36.6 Å². The molecule has 51 heavy (non-hydrogen) atoms. The number of halogens is 1. The number of carbonyl (C=O) groups is 4. The van der Waals surface area contributed by atoms with E-state index in [1.165, 1.54) is 4.90 Å². The van der Waals surface area contributed by atoms with Gasteiger partial charge in [0, 0.05) is 23.8 Å². The lowest BCUT2D eigenvalue weighted by Crippen LogP contribution is -2.60. The predicted octanol–water partition coefficient (Wildman–Crippen LogP) is 4.91. The van der Waals surface area contributed by atoms with Crippen LogP contribution in [0.4, 0.5) is 0 Å². The quantitative estimate of drug-likeness (QED) is 0.126. The van der Waals surface area contributed by atoms with Gasteiger partial charge in [-0.2, -0.15) is 0 Å². The molecule has 2 aromatic rings. The Morgan fingerprint density at radius 3 is 2.45 bits per heavy atom. The van der Waals surface area contributed by atoms with Crippen molar-refractivity contribution in [3.05, 3.63) is 97.1 Å². The van der Waals surface area contributed by atoms with Gasteiger partial charge >= 0.3 is 5.97 Å². The normalized spacial score (nSPS) is 26.5. The number of hydrogen-bond acceptors (Lipinski definition) is 7. The largest absolute Gasteiger partial charge is 0.463 e. The van der Waals surface area contributed by atoms with Gasteiger partial charge in [0.15, 0.2) is 0 Å². The average molecular weight is 765 g/mol. The summed E-state index contributed by atoms with van der Waals surface area (Å²) in [5, 5.41) is 13.9. The third kappa shape index (κ3) is 7.85. The van der Waals surface area contributed by atoms with Crippen LogP contribution in [0.3, 0.4) is 0 Å². The summed E-state index contributed by atoms with van der Waals surface area (Å²) >= 11 is 3.76. The third-order valence-electron chi connectivity index (χ3n) is 10.5. The highest BCUT2D eigenvalue weighted by atomic mass is 79.9. The SMILES string of the molecule is C=CCCC(=O)OC[C@H](NC(=O)[C@@H]1[C@H]2O[C@@]3(CC2Br)[C@H](C(=O)N(CC=C)C(C)CCC)N([C@@H](CO)Cc2ccccc2)C(=O)[C@@H]13)c1ccccc1. The van der Waals surface area contributed by atoms with Crippen LogP contribution >= 0.6 is 15.9 Å². The van der Waals surface area contributed by atoms with Crippen molar-refractivity contribution in [1.29, 1.82) is 0 Å². The lowest BCUT2D eigenvalue weighted by atomic mass is 9.70. The van der Waals surface area contributed by atoms with Crippen molar-refractivity contribution < 1.29 is 33.8 Å². The molecule has 3 amide bonds. The number of nitrogens with zero attached hydrogens (tertiary/aromatic N) is 2. The second kappa shape index (κ2) is 17.1. The van der Waals surface area contributed by atoms with Crippen LogP contribution in [-0.2, 0) is 35.1 Å². The summed E-state index contributed by atoms with van der Waals surface area (Å²) in [6, 6.07) is 16.1. The molecule has 0 aliphatic carbocycles. The monoisotopic (exact) mass is 763 g/mol. The molecular weight excluding hydrogens is 714 g/mol. The van der Waals surface area contributed by atoms with Gasteiger partial charge in [0.1, 0.15) is 18.2 Å². The van der Waals surface area contributed by atoms with Crippen LogP contribution in [-0.4, -0.2) is 93.0 Å². The highest BCUT2D eigenvalue weighted by Gasteiger charge is 2.77. The molecule has 5 rings (SSSR count). The maximum absolute atomic E-state index is 14.9. The summed E-state index contributed by atoms with van der Waals surface area (Å²) in [5.74, 6) is -3.44. The van der Waals surface area contributed by atoms with Crippen LogP contribution < -0.4 is 5.32 Å². The number of aliphatic hydroxyl groups is 1. The number of likely N-dealkylation sites (tertiary alicyclic amines) is 1. The van der Waals surface area contributed by atoms with Gasteiger partial charge < -0.3 is 29.7 Å². The first kappa shape index (κ1) is 38.4. The van der Waals surface area contributed by atoms with E-state index in [1.54, 1.807) is 17.1 Å². The minimum absolute atomic E-state index is 0.103. The first-order chi connectivity index (χ1) is 24.6. The summed E-state index contributed by atoms with van der Waals surface area (Å²) in [6.07, 6.45) is 5.52. The molecule has 3 fully saturated rings. The van der Waals surface area contributed by atoms with Crippen molar-refractivity contribution in [2.75, 3.05) is 19.8 Å². The van der Waals surface area contributed by atoms with E-state index in [-0.39, 0.29) is 48.9 Å². The van der Waals surface area contributed by atoms with Crippen molar-refractivity contribution >= 4 is 39.6 Å². The van der Waals surface area contributed by atoms with E-state index in [4.69, 9.17) is 9.47 Å². The first-order valence-corrected chi connectivity index (χ1v) is 18.8. The fourth-order valence-electron chi connectivity index (χ4n) is 8.18. The number of carbonyl (C=O) groups excluding carboxylic acids is 4. The smallest absolute Gasteiger partial charge is 0.306 e. The number of aliphatic hydroxyl groups excluding tert-OH is 1. The second-order valence-electron chi connectivity index (χ2n) is 13.8. The Morgan fingerprint density at radius 1 is 1.14 bits per heavy atom. The number of ether oxygens (including phenoxy) is 2. The molecule has 3 heterocycles. The number of allylic oxidation sites excluding steroid dienone is 1. The highest BCUT2D eigenvalue weighted by Crippen LogP contribution is 2.60. The molecule has 0 aromatic heterocycles. The zero-order valence-corrected chi connectivity index (χ0v) is 31.1. The van der Waals surface area contributed by atoms with Crippen molar-refractivity contribution in [1.82, 2.24) is 15.1 Å². The number of rotatable bonds is 18. The topological polar surface area (TPSA) is 125 Å². The Kier molecular flexibility index (Phi) is 12.9. The van der Waals surface area contributed by atoms with E-state index in [1.807, 2.05) is 67.6 Å². The number of nitrogens with one attached hydrogen (secondary N) is 1. The molecule has 3 aliphatic heterocycles. The summed E-state index contributed by atoms with van der Waals surface area (Å²) in [6.45, 7) is 11.4. The van der Waals surface area contributed by atoms with Gasteiger partial charge in [0.2, 0.25) is 17.7 Å². The molecule has 11 heteroatoms. The highest BCUT2D eigenvalue weighted by molar-refractivity contribution is 9.09. The maximum atomic E-state index is 14.9. The van der Waals surface area contributed by atoms with Gasteiger partial charge in [-0.15, -0.1) is 13.2 Å². The molecule has 274 valence electrons. The lowest BCUT2D eigenvalue weighted by Gasteiger charge is -2.41. The van der Waals surface area contributed by atoms with Crippen LogP contribution in [0.2, 0.25) is 0 Å². The third-order valence-corrected chi connectivity index (χ3v) is 11.4. The minimum atomic E-state index is -1.32. The number of hydrogen-bond donors (Lipinski definition) is 2. The van der Waals surface area contributed by atoms with Crippen LogP contribution in [0.1, 0.15) is 63.1 Å². The number of benzene rings is 2. The van der Waals surface area contributed by atoms with E-state index in [0.29, 0.717) is 19.3 Å². The molecule has 2 unspecified atom stereocenters. The number of alkyl halides is 1. The average Bonchev–Trinajstić information content (AvgIpc) is 3.74. The fraction of sp³-hybridized carbons (Fsp3) is 0.500. The summed E-state index contributed by atoms with van der Waals surface area (Å²) in [4.78, 5) is 59.8. The lowest BCUT2D eigenvalue weighted by molar-refractivity contribution is -0.152. The van der Waals surface area contributed by atoms with Crippen molar-refractivity contribution in [3.8, 4) is 0 Å². The van der Waals surface area contributed by atoms with Crippen LogP contribution in [0.5, 0.6) is 0 Å². The zero-order chi connectivity index (χ0) is 36.7. The predicted molar refractivity (Wildman–Crippen MR) is 198 cm³/mol. The molecule has 1 spiro atoms. The zero-order valence-electron chi connectivity index (χ0n) is 29.5. The van der Waals surface area contributed by atoms with E-state index in [0.717, 1.165) is 24.0 Å². The Labute approximate surface area is 309 Å². The molecule has 3 saturated heterocycles. The summed E-state index contributed by atoms with van der Waals surface area (Å²) in [5.41, 5.74) is 0.319.